The molecule has 0 saturated carbocycles. The highest BCUT2D eigenvalue weighted by Crippen LogP contribution is 2.15. The van der Waals surface area contributed by atoms with Crippen molar-refractivity contribution in [3.8, 4) is 0 Å². The Labute approximate surface area is 111 Å². The fourth-order valence-corrected chi connectivity index (χ4v) is 3.15. The van der Waals surface area contributed by atoms with Gasteiger partial charge in [-0.15, -0.1) is 0 Å². The van der Waals surface area contributed by atoms with Crippen LogP contribution in [0, 0.1) is 5.92 Å². The first kappa shape index (κ1) is 14.6. The van der Waals surface area contributed by atoms with Crippen molar-refractivity contribution >= 4 is 26.0 Å². The molecule has 0 amide bonds. The van der Waals surface area contributed by atoms with Gasteiger partial charge in [0.05, 0.1) is 4.90 Å². The molecule has 96 valence electrons. The maximum absolute atomic E-state index is 11.9. The summed E-state index contributed by atoms with van der Waals surface area (Å²) in [6, 6.07) is 6.67. The molecule has 1 rings (SSSR count). The predicted molar refractivity (Wildman–Crippen MR) is 72.4 cm³/mol. The van der Waals surface area contributed by atoms with E-state index >= 15 is 0 Å². The first-order chi connectivity index (χ1) is 7.95. The number of nitrogens with one attached hydrogen (secondary N) is 2. The molecule has 0 aromatic heterocycles. The van der Waals surface area contributed by atoms with E-state index in [1.165, 1.54) is 0 Å². The standard InChI is InChI=1S/C11H17BrN2O2S/c1-9(7-13-2)8-14-17(15,16)11-5-3-4-10(12)6-11/h3-6,9,13-14H,7-8H2,1-2H3. The molecule has 1 unspecified atom stereocenters. The van der Waals surface area contributed by atoms with Gasteiger partial charge in [0, 0.05) is 11.0 Å². The highest BCUT2D eigenvalue weighted by Gasteiger charge is 2.14. The number of sulfonamides is 1. The smallest absolute Gasteiger partial charge is 0.240 e. The SMILES string of the molecule is CNCC(C)CNS(=O)(=O)c1cccc(Br)c1. The third-order valence-electron chi connectivity index (χ3n) is 2.28. The van der Waals surface area contributed by atoms with Crippen molar-refractivity contribution in [1.82, 2.24) is 10.0 Å². The number of benzene rings is 1. The molecular formula is C11H17BrN2O2S. The number of hydrogen-bond acceptors (Lipinski definition) is 3. The van der Waals surface area contributed by atoms with E-state index in [1.54, 1.807) is 24.3 Å². The zero-order chi connectivity index (χ0) is 12.9. The van der Waals surface area contributed by atoms with Crippen LogP contribution in [0.2, 0.25) is 0 Å². The van der Waals surface area contributed by atoms with E-state index in [0.29, 0.717) is 6.54 Å². The van der Waals surface area contributed by atoms with E-state index in [4.69, 9.17) is 0 Å². The van der Waals surface area contributed by atoms with Gasteiger partial charge >= 0.3 is 0 Å². The second-order valence-corrected chi connectivity index (χ2v) is 6.65. The fourth-order valence-electron chi connectivity index (χ4n) is 1.39. The molecule has 0 heterocycles. The van der Waals surface area contributed by atoms with Gasteiger partial charge in [0.15, 0.2) is 0 Å². The second-order valence-electron chi connectivity index (χ2n) is 3.97. The van der Waals surface area contributed by atoms with Crippen LogP contribution in [0.4, 0.5) is 0 Å². The van der Waals surface area contributed by atoms with Crippen molar-refractivity contribution in [3.05, 3.63) is 28.7 Å². The van der Waals surface area contributed by atoms with E-state index in [2.05, 4.69) is 26.0 Å². The van der Waals surface area contributed by atoms with Crippen LogP contribution in [0.5, 0.6) is 0 Å². The Bertz CT molecular complexity index is 462. The summed E-state index contributed by atoms with van der Waals surface area (Å²) in [5.41, 5.74) is 0. The maximum Gasteiger partial charge on any atom is 0.240 e. The first-order valence-corrected chi connectivity index (χ1v) is 7.63. The molecule has 6 heteroatoms. The van der Waals surface area contributed by atoms with E-state index in [1.807, 2.05) is 14.0 Å². The average molecular weight is 321 g/mol. The topological polar surface area (TPSA) is 58.2 Å². The molecule has 0 spiro atoms. The predicted octanol–water partition coefficient (Wildman–Crippen LogP) is 1.58. The van der Waals surface area contributed by atoms with Crippen LogP contribution in [0.15, 0.2) is 33.6 Å². The molecule has 0 bridgehead atoms. The van der Waals surface area contributed by atoms with Crippen molar-refractivity contribution in [2.75, 3.05) is 20.1 Å². The molecule has 2 N–H and O–H groups in total. The second kappa shape index (κ2) is 6.49. The van der Waals surface area contributed by atoms with Crippen LogP contribution in [-0.4, -0.2) is 28.6 Å². The van der Waals surface area contributed by atoms with Crippen LogP contribution in [-0.2, 0) is 10.0 Å². The van der Waals surface area contributed by atoms with E-state index in [0.717, 1.165) is 11.0 Å². The lowest BCUT2D eigenvalue weighted by Gasteiger charge is -2.12. The molecule has 1 aromatic rings. The Kier molecular flexibility index (Phi) is 5.58. The summed E-state index contributed by atoms with van der Waals surface area (Å²) in [6.07, 6.45) is 0. The fraction of sp³-hybridized carbons (Fsp3) is 0.455. The van der Waals surface area contributed by atoms with Crippen molar-refractivity contribution in [2.24, 2.45) is 5.92 Å². The van der Waals surface area contributed by atoms with E-state index in [-0.39, 0.29) is 10.8 Å². The first-order valence-electron chi connectivity index (χ1n) is 5.35. The van der Waals surface area contributed by atoms with Gasteiger partial charge < -0.3 is 5.32 Å². The van der Waals surface area contributed by atoms with Crippen LogP contribution >= 0.6 is 15.9 Å². The van der Waals surface area contributed by atoms with Gasteiger partial charge in [0.1, 0.15) is 0 Å². The van der Waals surface area contributed by atoms with Gasteiger partial charge in [-0.3, -0.25) is 0 Å². The Balaban J connectivity index is 2.69. The van der Waals surface area contributed by atoms with Crippen molar-refractivity contribution in [1.29, 1.82) is 0 Å². The van der Waals surface area contributed by atoms with Gasteiger partial charge in [-0.1, -0.05) is 28.9 Å². The summed E-state index contributed by atoms with van der Waals surface area (Å²) in [7, 11) is -1.56. The Morgan fingerprint density at radius 2 is 2.06 bits per heavy atom. The zero-order valence-electron chi connectivity index (χ0n) is 9.90. The van der Waals surface area contributed by atoms with Crippen LogP contribution in [0.25, 0.3) is 0 Å². The Morgan fingerprint density at radius 1 is 1.35 bits per heavy atom. The molecule has 0 saturated heterocycles. The summed E-state index contributed by atoms with van der Waals surface area (Å²) in [6.45, 7) is 3.19. The van der Waals surface area contributed by atoms with Gasteiger partial charge in [0.2, 0.25) is 10.0 Å². The lowest BCUT2D eigenvalue weighted by molar-refractivity contribution is 0.519. The van der Waals surface area contributed by atoms with Crippen LogP contribution in [0.1, 0.15) is 6.92 Å². The number of halogens is 1. The molecule has 1 aromatic carbocycles. The summed E-state index contributed by atoms with van der Waals surface area (Å²) in [5, 5.41) is 3.01. The molecule has 17 heavy (non-hydrogen) atoms. The monoisotopic (exact) mass is 320 g/mol. The van der Waals surface area contributed by atoms with Gasteiger partial charge in [-0.25, -0.2) is 13.1 Å². The Hall–Kier alpha value is -0.430. The molecule has 0 radical (unpaired) electrons. The molecule has 1 atom stereocenters. The molecule has 4 nitrogen and oxygen atoms in total. The minimum atomic E-state index is -3.40. The van der Waals surface area contributed by atoms with Gasteiger partial charge in [-0.05, 0) is 37.7 Å². The summed E-state index contributed by atoms with van der Waals surface area (Å²) in [4.78, 5) is 0.281. The summed E-state index contributed by atoms with van der Waals surface area (Å²) < 4.78 is 27.2. The largest absolute Gasteiger partial charge is 0.319 e. The molecule has 0 aliphatic carbocycles. The number of rotatable bonds is 6. The van der Waals surface area contributed by atoms with Crippen molar-refractivity contribution in [3.63, 3.8) is 0 Å². The lowest BCUT2D eigenvalue weighted by Crippen LogP contribution is -2.32. The van der Waals surface area contributed by atoms with E-state index < -0.39 is 10.0 Å². The van der Waals surface area contributed by atoms with Crippen LogP contribution < -0.4 is 10.0 Å². The highest BCUT2D eigenvalue weighted by molar-refractivity contribution is 9.10. The third-order valence-corrected chi connectivity index (χ3v) is 4.20. The normalized spacial score (nSPS) is 13.6. The van der Waals surface area contributed by atoms with Crippen LogP contribution in [0.3, 0.4) is 0 Å². The molecular weight excluding hydrogens is 304 g/mol. The van der Waals surface area contributed by atoms with Crippen molar-refractivity contribution in [2.45, 2.75) is 11.8 Å². The summed E-state index contributed by atoms with van der Waals surface area (Å²) in [5.74, 6) is 0.252. The summed E-state index contributed by atoms with van der Waals surface area (Å²) >= 11 is 3.26. The van der Waals surface area contributed by atoms with Gasteiger partial charge in [0.25, 0.3) is 0 Å². The maximum atomic E-state index is 11.9. The minimum absolute atomic E-state index is 0.252. The van der Waals surface area contributed by atoms with Crippen molar-refractivity contribution < 1.29 is 8.42 Å². The minimum Gasteiger partial charge on any atom is -0.319 e. The molecule has 0 aliphatic rings. The average Bonchev–Trinajstić information content (AvgIpc) is 2.27. The lowest BCUT2D eigenvalue weighted by atomic mass is 10.2. The van der Waals surface area contributed by atoms with E-state index in [9.17, 15) is 8.42 Å². The molecule has 0 aliphatic heterocycles. The number of hydrogen-bond donors (Lipinski definition) is 2. The molecule has 0 fully saturated rings. The third kappa shape index (κ3) is 4.75. The van der Waals surface area contributed by atoms with Gasteiger partial charge in [-0.2, -0.15) is 0 Å². The zero-order valence-corrected chi connectivity index (χ0v) is 12.3. The highest BCUT2D eigenvalue weighted by atomic mass is 79.9. The quantitative estimate of drug-likeness (QED) is 0.836. The Morgan fingerprint density at radius 3 is 2.65 bits per heavy atom.